The van der Waals surface area contributed by atoms with E-state index in [1.54, 1.807) is 24.3 Å². The van der Waals surface area contributed by atoms with Gasteiger partial charge in [-0.1, -0.05) is 30.3 Å². The Hall–Kier alpha value is -3.61. The van der Waals surface area contributed by atoms with E-state index in [0.29, 0.717) is 16.5 Å². The molecule has 0 aliphatic rings. The molecule has 7 heteroatoms. The van der Waals surface area contributed by atoms with Crippen LogP contribution in [0.2, 0.25) is 0 Å². The van der Waals surface area contributed by atoms with Crippen molar-refractivity contribution < 1.29 is 13.9 Å². The number of aromatic nitrogens is 2. The zero-order valence-electron chi connectivity index (χ0n) is 14.3. The normalized spacial score (nSPS) is 11.1. The fourth-order valence-electron chi connectivity index (χ4n) is 2.94. The fraction of sp³-hybridized carbons (Fsp3) is 0.150. The van der Waals surface area contributed by atoms with Crippen molar-refractivity contribution in [2.75, 3.05) is 0 Å². The molecule has 27 heavy (non-hydrogen) atoms. The van der Waals surface area contributed by atoms with Crippen molar-refractivity contribution in [2.24, 2.45) is 0 Å². The number of nitrogens with zero attached hydrogens (tertiary/aromatic N) is 1. The van der Waals surface area contributed by atoms with Gasteiger partial charge >= 0.3 is 5.97 Å². The number of nitrogens with one attached hydrogen (secondary N) is 1. The molecule has 1 N–H and O–H groups in total. The Morgan fingerprint density at radius 1 is 1.04 bits per heavy atom. The van der Waals surface area contributed by atoms with E-state index >= 15 is 0 Å². The minimum atomic E-state index is -0.489. The van der Waals surface area contributed by atoms with Gasteiger partial charge in [0.2, 0.25) is 0 Å². The fourth-order valence-corrected chi connectivity index (χ4v) is 2.94. The number of rotatable bonds is 5. The molecule has 0 atom stereocenters. The number of para-hydroxylation sites is 1. The molecular formula is C20H16N2O5. The lowest BCUT2D eigenvalue weighted by molar-refractivity contribution is -0.145. The van der Waals surface area contributed by atoms with Gasteiger partial charge in [0.25, 0.3) is 11.1 Å². The summed E-state index contributed by atoms with van der Waals surface area (Å²) in [6, 6.07) is 15.9. The van der Waals surface area contributed by atoms with Crippen molar-refractivity contribution in [2.45, 2.75) is 19.6 Å². The molecule has 0 fully saturated rings. The number of aryl methyl sites for hydroxylation is 1. The molecule has 0 aliphatic carbocycles. The lowest BCUT2D eigenvalue weighted by atomic mass is 10.2. The molecule has 2 aromatic heterocycles. The van der Waals surface area contributed by atoms with Crippen LogP contribution in [0.15, 0.2) is 68.6 Å². The highest BCUT2D eigenvalue weighted by Gasteiger charge is 2.11. The summed E-state index contributed by atoms with van der Waals surface area (Å²) in [4.78, 5) is 36.4. The van der Waals surface area contributed by atoms with Gasteiger partial charge in [0.15, 0.2) is 0 Å². The Morgan fingerprint density at radius 2 is 1.78 bits per heavy atom. The maximum atomic E-state index is 12.4. The predicted octanol–water partition coefficient (Wildman–Crippen LogP) is 2.57. The Balaban J connectivity index is 1.42. The standard InChI is InChI=1S/C20H16N2O5/c23-18(26-12-14-11-13-5-1-4-8-17(13)27-14)9-10-22-20(25)16-7-3-2-6-15(16)19(24)21-22/h1-8,11H,9-10,12H2,(H,21,24). The monoisotopic (exact) mass is 364 g/mol. The largest absolute Gasteiger partial charge is 0.457 e. The Morgan fingerprint density at radius 3 is 2.59 bits per heavy atom. The van der Waals surface area contributed by atoms with Gasteiger partial charge in [-0.25, -0.2) is 4.68 Å². The number of furan rings is 1. The summed E-state index contributed by atoms with van der Waals surface area (Å²) in [7, 11) is 0. The van der Waals surface area contributed by atoms with E-state index in [9.17, 15) is 14.4 Å². The van der Waals surface area contributed by atoms with E-state index in [1.807, 2.05) is 30.3 Å². The van der Waals surface area contributed by atoms with Gasteiger partial charge in [0, 0.05) is 5.39 Å². The van der Waals surface area contributed by atoms with Crippen LogP contribution in [0.25, 0.3) is 21.7 Å². The molecule has 2 aromatic carbocycles. The average Bonchev–Trinajstić information content (AvgIpc) is 3.11. The second kappa shape index (κ2) is 6.95. The third-order valence-electron chi connectivity index (χ3n) is 4.28. The number of benzene rings is 2. The van der Waals surface area contributed by atoms with Crippen molar-refractivity contribution in [1.29, 1.82) is 0 Å². The third-order valence-corrected chi connectivity index (χ3v) is 4.28. The number of hydrogen-bond acceptors (Lipinski definition) is 5. The van der Waals surface area contributed by atoms with Crippen LogP contribution in [-0.4, -0.2) is 15.7 Å². The Labute approximate surface area is 152 Å². The van der Waals surface area contributed by atoms with E-state index in [2.05, 4.69) is 5.10 Å². The molecule has 7 nitrogen and oxygen atoms in total. The van der Waals surface area contributed by atoms with E-state index in [0.717, 1.165) is 15.7 Å². The van der Waals surface area contributed by atoms with E-state index < -0.39 is 5.97 Å². The van der Waals surface area contributed by atoms with Crippen LogP contribution in [0.1, 0.15) is 12.2 Å². The van der Waals surface area contributed by atoms with Crippen LogP contribution in [0.4, 0.5) is 0 Å². The van der Waals surface area contributed by atoms with E-state index in [-0.39, 0.29) is 30.7 Å². The van der Waals surface area contributed by atoms with E-state index in [1.165, 1.54) is 0 Å². The molecule has 136 valence electrons. The first-order valence-electron chi connectivity index (χ1n) is 8.47. The van der Waals surface area contributed by atoms with Crippen LogP contribution < -0.4 is 11.1 Å². The van der Waals surface area contributed by atoms with Gasteiger partial charge in [0.1, 0.15) is 18.0 Å². The summed E-state index contributed by atoms with van der Waals surface area (Å²) < 4.78 is 11.9. The Bertz CT molecular complexity index is 1220. The summed E-state index contributed by atoms with van der Waals surface area (Å²) in [6.07, 6.45) is -0.0472. The van der Waals surface area contributed by atoms with Gasteiger partial charge < -0.3 is 9.15 Å². The highest BCUT2D eigenvalue weighted by atomic mass is 16.5. The molecule has 0 spiro atoms. The minimum Gasteiger partial charge on any atom is -0.457 e. The second-order valence-electron chi connectivity index (χ2n) is 6.10. The summed E-state index contributed by atoms with van der Waals surface area (Å²) in [5.74, 6) is 0.0530. The molecule has 0 aliphatic heterocycles. The lowest BCUT2D eigenvalue weighted by Gasteiger charge is -2.07. The van der Waals surface area contributed by atoms with Crippen LogP contribution >= 0.6 is 0 Å². The first kappa shape index (κ1) is 16.8. The number of aromatic amines is 1. The van der Waals surface area contributed by atoms with Crippen LogP contribution in [0, 0.1) is 0 Å². The van der Waals surface area contributed by atoms with Gasteiger partial charge in [0.05, 0.1) is 23.7 Å². The zero-order chi connectivity index (χ0) is 18.8. The van der Waals surface area contributed by atoms with Crippen molar-refractivity contribution in [3.05, 3.63) is 81.1 Å². The summed E-state index contributed by atoms with van der Waals surface area (Å²) >= 11 is 0. The molecule has 0 amide bonds. The molecule has 2 heterocycles. The van der Waals surface area contributed by atoms with Crippen LogP contribution in [0.3, 0.4) is 0 Å². The van der Waals surface area contributed by atoms with Crippen molar-refractivity contribution in [3.63, 3.8) is 0 Å². The molecule has 0 saturated heterocycles. The molecule has 4 rings (SSSR count). The zero-order valence-corrected chi connectivity index (χ0v) is 14.3. The number of carbonyl (C=O) groups excluding carboxylic acids is 1. The number of fused-ring (bicyclic) bond motifs is 2. The SMILES string of the molecule is O=C(CCn1[nH]c(=O)c2ccccc2c1=O)OCc1cc2ccccc2o1. The Kier molecular flexibility index (Phi) is 4.33. The molecule has 0 saturated carbocycles. The maximum Gasteiger partial charge on any atom is 0.308 e. The predicted molar refractivity (Wildman–Crippen MR) is 99.5 cm³/mol. The molecule has 4 aromatic rings. The molecular weight excluding hydrogens is 348 g/mol. The minimum absolute atomic E-state index is 0.0106. The molecule has 0 radical (unpaired) electrons. The van der Waals surface area contributed by atoms with E-state index in [4.69, 9.17) is 9.15 Å². The second-order valence-corrected chi connectivity index (χ2v) is 6.10. The summed E-state index contributed by atoms with van der Waals surface area (Å²) in [5, 5.41) is 4.06. The topological polar surface area (TPSA) is 94.3 Å². The number of esters is 1. The van der Waals surface area contributed by atoms with Gasteiger partial charge in [-0.15, -0.1) is 0 Å². The highest BCUT2D eigenvalue weighted by molar-refractivity contribution is 5.80. The van der Waals surface area contributed by atoms with Crippen LogP contribution in [-0.2, 0) is 22.7 Å². The van der Waals surface area contributed by atoms with Gasteiger partial charge in [-0.2, -0.15) is 0 Å². The first-order valence-corrected chi connectivity index (χ1v) is 8.47. The number of ether oxygens (including phenoxy) is 1. The van der Waals surface area contributed by atoms with Crippen molar-refractivity contribution in [3.8, 4) is 0 Å². The van der Waals surface area contributed by atoms with Crippen molar-refractivity contribution >= 4 is 27.7 Å². The molecule has 0 unspecified atom stereocenters. The van der Waals surface area contributed by atoms with Gasteiger partial charge in [-0.05, 0) is 24.3 Å². The summed E-state index contributed by atoms with van der Waals surface area (Å²) in [6.45, 7) is 0.0362. The average molecular weight is 364 g/mol. The smallest absolute Gasteiger partial charge is 0.308 e. The quantitative estimate of drug-likeness (QED) is 0.549. The van der Waals surface area contributed by atoms with Crippen molar-refractivity contribution in [1.82, 2.24) is 9.78 Å². The lowest BCUT2D eigenvalue weighted by Crippen LogP contribution is -2.30. The number of carbonyl (C=O) groups is 1. The number of hydrogen-bond donors (Lipinski definition) is 1. The highest BCUT2D eigenvalue weighted by Crippen LogP contribution is 2.19. The summed E-state index contributed by atoms with van der Waals surface area (Å²) in [5.41, 5.74) is -0.0000303. The maximum absolute atomic E-state index is 12.4. The third kappa shape index (κ3) is 3.39. The number of H-pyrrole nitrogens is 1. The van der Waals surface area contributed by atoms with Crippen LogP contribution in [0.5, 0.6) is 0 Å². The molecule has 0 bridgehead atoms. The van der Waals surface area contributed by atoms with Gasteiger partial charge in [-0.3, -0.25) is 19.5 Å². The first-order chi connectivity index (χ1) is 13.1.